The van der Waals surface area contributed by atoms with Crippen LogP contribution in [0.1, 0.15) is 21.6 Å². The van der Waals surface area contributed by atoms with Gasteiger partial charge in [0.25, 0.3) is 5.91 Å². The first-order valence-electron chi connectivity index (χ1n) is 8.15. The first-order valence-corrected chi connectivity index (χ1v) is 8.15. The quantitative estimate of drug-likeness (QED) is 0.537. The van der Waals surface area contributed by atoms with Crippen molar-refractivity contribution >= 4 is 12.1 Å². The predicted molar refractivity (Wildman–Crippen MR) is 102 cm³/mol. The monoisotopic (exact) mass is 362 g/mol. The number of rotatable bonds is 5. The molecule has 0 aliphatic rings. The van der Waals surface area contributed by atoms with Gasteiger partial charge in [-0.3, -0.25) is 9.78 Å². The van der Waals surface area contributed by atoms with Gasteiger partial charge in [-0.05, 0) is 54.4 Å². The van der Waals surface area contributed by atoms with Crippen molar-refractivity contribution in [3.8, 4) is 22.8 Å². The number of aromatic hydroxyl groups is 1. The van der Waals surface area contributed by atoms with Gasteiger partial charge in [0.15, 0.2) is 0 Å². The van der Waals surface area contributed by atoms with Gasteiger partial charge in [0.05, 0.1) is 31.4 Å². The second-order valence-electron chi connectivity index (χ2n) is 5.82. The van der Waals surface area contributed by atoms with Gasteiger partial charge in [-0.1, -0.05) is 6.07 Å². The van der Waals surface area contributed by atoms with Crippen LogP contribution in [-0.4, -0.2) is 34.3 Å². The lowest BCUT2D eigenvalue weighted by molar-refractivity contribution is 0.0950. The van der Waals surface area contributed by atoms with Crippen LogP contribution < -0.4 is 10.2 Å². The Morgan fingerprint density at radius 1 is 1.19 bits per heavy atom. The minimum atomic E-state index is -0.481. The number of carbonyl (C=O) groups is 1. The van der Waals surface area contributed by atoms with Crippen molar-refractivity contribution in [2.75, 3.05) is 7.11 Å². The number of aromatic nitrogens is 2. The molecule has 7 nitrogen and oxygen atoms in total. The SMILES string of the molecule is COc1ccc(-c2cncc(C(=O)N/N=C/c3cc(C)cc(O)c3)n2)cc1. The summed E-state index contributed by atoms with van der Waals surface area (Å²) in [5.74, 6) is 0.393. The van der Waals surface area contributed by atoms with E-state index in [1.54, 1.807) is 25.4 Å². The molecule has 27 heavy (non-hydrogen) atoms. The Bertz CT molecular complexity index is 965. The summed E-state index contributed by atoms with van der Waals surface area (Å²) in [4.78, 5) is 20.7. The van der Waals surface area contributed by atoms with Gasteiger partial charge in [-0.2, -0.15) is 5.10 Å². The van der Waals surface area contributed by atoms with Crippen LogP contribution in [0.3, 0.4) is 0 Å². The summed E-state index contributed by atoms with van der Waals surface area (Å²) in [6.07, 6.45) is 4.40. The fourth-order valence-electron chi connectivity index (χ4n) is 2.47. The van der Waals surface area contributed by atoms with Gasteiger partial charge in [-0.15, -0.1) is 0 Å². The van der Waals surface area contributed by atoms with Gasteiger partial charge in [-0.25, -0.2) is 10.4 Å². The molecule has 1 amide bonds. The first kappa shape index (κ1) is 18.1. The molecule has 0 atom stereocenters. The van der Waals surface area contributed by atoms with E-state index in [-0.39, 0.29) is 11.4 Å². The summed E-state index contributed by atoms with van der Waals surface area (Å²) in [7, 11) is 1.60. The largest absolute Gasteiger partial charge is 0.508 e. The number of methoxy groups -OCH3 is 1. The molecular formula is C20H18N4O3. The van der Waals surface area contributed by atoms with E-state index in [0.717, 1.165) is 16.9 Å². The molecule has 0 spiro atoms. The highest BCUT2D eigenvalue weighted by Gasteiger charge is 2.09. The molecule has 136 valence electrons. The average molecular weight is 362 g/mol. The Kier molecular flexibility index (Phi) is 5.41. The van der Waals surface area contributed by atoms with Crippen LogP contribution >= 0.6 is 0 Å². The van der Waals surface area contributed by atoms with Crippen molar-refractivity contribution < 1.29 is 14.6 Å². The highest BCUT2D eigenvalue weighted by Crippen LogP contribution is 2.20. The summed E-state index contributed by atoms with van der Waals surface area (Å²) in [5, 5.41) is 13.5. The number of amides is 1. The van der Waals surface area contributed by atoms with E-state index in [1.165, 1.54) is 12.4 Å². The first-order chi connectivity index (χ1) is 13.0. The second-order valence-corrected chi connectivity index (χ2v) is 5.82. The zero-order valence-electron chi connectivity index (χ0n) is 14.9. The summed E-state index contributed by atoms with van der Waals surface area (Å²) >= 11 is 0. The molecule has 3 rings (SSSR count). The number of phenolic OH excluding ortho intramolecular Hbond substituents is 1. The molecule has 1 aromatic heterocycles. The number of aryl methyl sites for hydroxylation is 1. The third-order valence-electron chi connectivity index (χ3n) is 3.72. The van der Waals surface area contributed by atoms with Crippen LogP contribution in [0.4, 0.5) is 0 Å². The van der Waals surface area contributed by atoms with Crippen molar-refractivity contribution in [3.05, 3.63) is 71.7 Å². The van der Waals surface area contributed by atoms with E-state index in [9.17, 15) is 9.90 Å². The zero-order valence-corrected chi connectivity index (χ0v) is 14.9. The van der Waals surface area contributed by atoms with E-state index in [1.807, 2.05) is 37.3 Å². The Morgan fingerprint density at radius 2 is 1.96 bits per heavy atom. The number of carbonyl (C=O) groups excluding carboxylic acids is 1. The van der Waals surface area contributed by atoms with E-state index >= 15 is 0 Å². The molecule has 0 saturated carbocycles. The smallest absolute Gasteiger partial charge is 0.291 e. The Labute approximate surface area is 156 Å². The summed E-state index contributed by atoms with van der Waals surface area (Å²) in [5.41, 5.74) is 5.50. The molecule has 0 aliphatic carbocycles. The molecule has 0 unspecified atom stereocenters. The molecule has 0 aliphatic heterocycles. The van der Waals surface area contributed by atoms with E-state index in [0.29, 0.717) is 11.3 Å². The second kappa shape index (κ2) is 8.09. The normalized spacial score (nSPS) is 10.7. The fraction of sp³-hybridized carbons (Fsp3) is 0.100. The standard InChI is InChI=1S/C20H18N4O3/c1-13-7-14(9-16(25)8-13)10-22-24-20(26)19-12-21-11-18(23-19)15-3-5-17(27-2)6-4-15/h3-12,25H,1-2H3,(H,24,26)/b22-10+. The number of nitrogens with one attached hydrogen (secondary N) is 1. The van der Waals surface area contributed by atoms with Crippen molar-refractivity contribution in [1.29, 1.82) is 0 Å². The minimum Gasteiger partial charge on any atom is -0.508 e. The maximum absolute atomic E-state index is 12.3. The molecular weight excluding hydrogens is 344 g/mol. The number of nitrogens with zero attached hydrogens (tertiary/aromatic N) is 3. The van der Waals surface area contributed by atoms with Crippen molar-refractivity contribution in [1.82, 2.24) is 15.4 Å². The number of hydrogen-bond acceptors (Lipinski definition) is 6. The number of phenols is 1. The third kappa shape index (κ3) is 4.66. The van der Waals surface area contributed by atoms with Crippen molar-refractivity contribution in [2.45, 2.75) is 6.92 Å². The fourth-order valence-corrected chi connectivity index (χ4v) is 2.47. The third-order valence-corrected chi connectivity index (χ3v) is 3.72. The van der Waals surface area contributed by atoms with Crippen LogP contribution in [0, 0.1) is 6.92 Å². The maximum Gasteiger partial charge on any atom is 0.291 e. The molecule has 0 bridgehead atoms. The molecule has 0 saturated heterocycles. The number of hydrogen-bond donors (Lipinski definition) is 2. The van der Waals surface area contributed by atoms with Crippen LogP contribution in [-0.2, 0) is 0 Å². The van der Waals surface area contributed by atoms with Gasteiger partial charge in [0.1, 0.15) is 17.2 Å². The lowest BCUT2D eigenvalue weighted by atomic mass is 10.1. The maximum atomic E-state index is 12.3. The predicted octanol–water partition coefficient (Wildman–Crippen LogP) is 2.93. The Balaban J connectivity index is 1.72. The summed E-state index contributed by atoms with van der Waals surface area (Å²) in [6, 6.07) is 12.3. The molecule has 2 aromatic carbocycles. The van der Waals surface area contributed by atoms with Crippen LogP contribution in [0.15, 0.2) is 60.0 Å². The average Bonchev–Trinajstić information content (AvgIpc) is 2.67. The number of benzene rings is 2. The Morgan fingerprint density at radius 3 is 2.67 bits per heavy atom. The van der Waals surface area contributed by atoms with Crippen molar-refractivity contribution in [2.24, 2.45) is 5.10 Å². The van der Waals surface area contributed by atoms with Gasteiger partial charge in [0, 0.05) is 5.56 Å². The minimum absolute atomic E-state index is 0.140. The van der Waals surface area contributed by atoms with E-state index in [2.05, 4.69) is 20.5 Å². The van der Waals surface area contributed by atoms with Gasteiger partial charge in [0.2, 0.25) is 0 Å². The highest BCUT2D eigenvalue weighted by atomic mass is 16.5. The van der Waals surface area contributed by atoms with Crippen LogP contribution in [0.2, 0.25) is 0 Å². The number of ether oxygens (including phenoxy) is 1. The highest BCUT2D eigenvalue weighted by molar-refractivity contribution is 5.93. The van der Waals surface area contributed by atoms with Gasteiger partial charge >= 0.3 is 0 Å². The zero-order chi connectivity index (χ0) is 19.2. The van der Waals surface area contributed by atoms with Crippen LogP contribution in [0.5, 0.6) is 11.5 Å². The van der Waals surface area contributed by atoms with Gasteiger partial charge < -0.3 is 9.84 Å². The molecule has 3 aromatic rings. The molecule has 1 heterocycles. The summed E-state index contributed by atoms with van der Waals surface area (Å²) in [6.45, 7) is 1.86. The molecule has 2 N–H and O–H groups in total. The topological polar surface area (TPSA) is 96.7 Å². The summed E-state index contributed by atoms with van der Waals surface area (Å²) < 4.78 is 5.13. The van der Waals surface area contributed by atoms with Crippen LogP contribution in [0.25, 0.3) is 11.3 Å². The van der Waals surface area contributed by atoms with E-state index < -0.39 is 5.91 Å². The Hall–Kier alpha value is -3.74. The molecule has 0 radical (unpaired) electrons. The lowest BCUT2D eigenvalue weighted by Gasteiger charge is -2.05. The molecule has 7 heteroatoms. The number of hydrazone groups is 1. The van der Waals surface area contributed by atoms with Crippen molar-refractivity contribution in [3.63, 3.8) is 0 Å². The lowest BCUT2D eigenvalue weighted by Crippen LogP contribution is -2.19. The molecule has 0 fully saturated rings. The van der Waals surface area contributed by atoms with E-state index in [4.69, 9.17) is 4.74 Å².